The normalized spacial score (nSPS) is 12.9. The lowest BCUT2D eigenvalue weighted by Gasteiger charge is -2.30. The third-order valence-corrected chi connectivity index (χ3v) is 4.07. The maximum atomic E-state index is 6.09. The number of hydrogen-bond donors (Lipinski definition) is 1. The standard InChI is InChI=1S/C14H22BrClN2O/c1-3-18(7-8-19-4-2)14(10-17)12-9-11(16)5-6-13(12)15/h5-6,9,14H,3-4,7-8,10,17H2,1-2H3. The van der Waals surface area contributed by atoms with Gasteiger partial charge in [0.15, 0.2) is 0 Å². The second kappa shape index (κ2) is 8.93. The van der Waals surface area contributed by atoms with Gasteiger partial charge < -0.3 is 10.5 Å². The van der Waals surface area contributed by atoms with Crippen molar-refractivity contribution in [3.63, 3.8) is 0 Å². The molecule has 0 aliphatic carbocycles. The van der Waals surface area contributed by atoms with Crippen LogP contribution >= 0.6 is 27.5 Å². The van der Waals surface area contributed by atoms with Gasteiger partial charge in [-0.15, -0.1) is 0 Å². The van der Waals surface area contributed by atoms with Crippen molar-refractivity contribution in [1.29, 1.82) is 0 Å². The quantitative estimate of drug-likeness (QED) is 0.730. The van der Waals surface area contributed by atoms with Gasteiger partial charge in [0.1, 0.15) is 0 Å². The zero-order valence-corrected chi connectivity index (χ0v) is 13.9. The summed E-state index contributed by atoms with van der Waals surface area (Å²) in [7, 11) is 0. The number of rotatable bonds is 8. The Hall–Kier alpha value is -0.130. The van der Waals surface area contributed by atoms with Crippen molar-refractivity contribution >= 4 is 27.5 Å². The highest BCUT2D eigenvalue weighted by atomic mass is 79.9. The van der Waals surface area contributed by atoms with Crippen molar-refractivity contribution in [2.75, 3.05) is 32.8 Å². The number of halogens is 2. The van der Waals surface area contributed by atoms with Gasteiger partial charge in [-0.05, 0) is 37.2 Å². The molecule has 0 radical (unpaired) electrons. The van der Waals surface area contributed by atoms with E-state index in [-0.39, 0.29) is 6.04 Å². The molecule has 1 aromatic rings. The molecular weight excluding hydrogens is 328 g/mol. The monoisotopic (exact) mass is 348 g/mol. The van der Waals surface area contributed by atoms with Gasteiger partial charge in [0.05, 0.1) is 6.61 Å². The Bertz CT molecular complexity index is 390. The largest absolute Gasteiger partial charge is 0.380 e. The first-order valence-corrected chi connectivity index (χ1v) is 7.77. The fraction of sp³-hybridized carbons (Fsp3) is 0.571. The molecule has 3 nitrogen and oxygen atoms in total. The molecule has 0 fully saturated rings. The Kier molecular flexibility index (Phi) is 7.95. The van der Waals surface area contributed by atoms with E-state index in [1.807, 2.05) is 25.1 Å². The molecule has 1 atom stereocenters. The number of hydrogen-bond acceptors (Lipinski definition) is 3. The minimum atomic E-state index is 0.151. The second-order valence-corrected chi connectivity index (χ2v) is 5.53. The van der Waals surface area contributed by atoms with Crippen LogP contribution in [0.2, 0.25) is 5.02 Å². The first-order chi connectivity index (χ1) is 9.13. The maximum absolute atomic E-state index is 6.09. The summed E-state index contributed by atoms with van der Waals surface area (Å²) in [5, 5.41) is 0.734. The Balaban J connectivity index is 2.86. The van der Waals surface area contributed by atoms with E-state index in [1.165, 1.54) is 0 Å². The van der Waals surface area contributed by atoms with Crippen LogP contribution in [0.3, 0.4) is 0 Å². The summed E-state index contributed by atoms with van der Waals surface area (Å²) < 4.78 is 6.47. The molecule has 0 bridgehead atoms. The lowest BCUT2D eigenvalue weighted by atomic mass is 10.1. The zero-order chi connectivity index (χ0) is 14.3. The minimum absolute atomic E-state index is 0.151. The van der Waals surface area contributed by atoms with Crippen LogP contribution in [0.25, 0.3) is 0 Å². The Morgan fingerprint density at radius 2 is 2.16 bits per heavy atom. The van der Waals surface area contributed by atoms with Crippen molar-refractivity contribution < 1.29 is 4.74 Å². The lowest BCUT2D eigenvalue weighted by Crippen LogP contribution is -2.36. The van der Waals surface area contributed by atoms with Gasteiger partial charge in [0, 0.05) is 35.2 Å². The van der Waals surface area contributed by atoms with Crippen LogP contribution in [0.15, 0.2) is 22.7 Å². The lowest BCUT2D eigenvalue weighted by molar-refractivity contribution is 0.0979. The van der Waals surface area contributed by atoms with Crippen LogP contribution < -0.4 is 5.73 Å². The molecule has 5 heteroatoms. The highest BCUT2D eigenvalue weighted by Gasteiger charge is 2.20. The third kappa shape index (κ3) is 5.04. The van der Waals surface area contributed by atoms with Crippen LogP contribution in [-0.2, 0) is 4.74 Å². The summed E-state index contributed by atoms with van der Waals surface area (Å²) >= 11 is 9.67. The molecule has 2 N–H and O–H groups in total. The van der Waals surface area contributed by atoms with E-state index in [9.17, 15) is 0 Å². The fourth-order valence-electron chi connectivity index (χ4n) is 2.10. The van der Waals surface area contributed by atoms with Crippen molar-refractivity contribution in [2.45, 2.75) is 19.9 Å². The van der Waals surface area contributed by atoms with Gasteiger partial charge in [-0.2, -0.15) is 0 Å². The van der Waals surface area contributed by atoms with Gasteiger partial charge >= 0.3 is 0 Å². The predicted octanol–water partition coefficient (Wildman–Crippen LogP) is 3.46. The first kappa shape index (κ1) is 16.9. The number of nitrogens with two attached hydrogens (primary N) is 1. The molecule has 19 heavy (non-hydrogen) atoms. The molecule has 1 rings (SSSR count). The van der Waals surface area contributed by atoms with E-state index in [0.717, 1.165) is 41.4 Å². The molecule has 0 saturated heterocycles. The van der Waals surface area contributed by atoms with Gasteiger partial charge in [0.25, 0.3) is 0 Å². The van der Waals surface area contributed by atoms with Crippen LogP contribution in [0.4, 0.5) is 0 Å². The Labute approximate surface area is 129 Å². The molecule has 0 amide bonds. The van der Waals surface area contributed by atoms with Crippen LogP contribution in [0.1, 0.15) is 25.5 Å². The van der Waals surface area contributed by atoms with Crippen molar-refractivity contribution in [2.24, 2.45) is 5.73 Å². The van der Waals surface area contributed by atoms with Crippen LogP contribution in [0.5, 0.6) is 0 Å². The minimum Gasteiger partial charge on any atom is -0.380 e. The van der Waals surface area contributed by atoms with E-state index in [2.05, 4.69) is 27.8 Å². The average Bonchev–Trinajstić information content (AvgIpc) is 2.41. The van der Waals surface area contributed by atoms with E-state index in [0.29, 0.717) is 6.54 Å². The fourth-order valence-corrected chi connectivity index (χ4v) is 2.79. The summed E-state index contributed by atoms with van der Waals surface area (Å²) in [6.45, 7) is 7.94. The molecule has 0 heterocycles. The van der Waals surface area contributed by atoms with Crippen molar-refractivity contribution in [1.82, 2.24) is 4.90 Å². The molecule has 0 aliphatic rings. The SMILES string of the molecule is CCOCCN(CC)C(CN)c1cc(Cl)ccc1Br. The zero-order valence-electron chi connectivity index (χ0n) is 11.5. The van der Waals surface area contributed by atoms with Crippen molar-refractivity contribution in [3.8, 4) is 0 Å². The van der Waals surface area contributed by atoms with E-state index in [1.54, 1.807) is 0 Å². The Morgan fingerprint density at radius 1 is 1.42 bits per heavy atom. The summed E-state index contributed by atoms with van der Waals surface area (Å²) in [5.41, 5.74) is 7.09. The highest BCUT2D eigenvalue weighted by Crippen LogP contribution is 2.29. The molecule has 0 saturated carbocycles. The molecule has 0 spiro atoms. The molecule has 0 aromatic heterocycles. The van der Waals surface area contributed by atoms with E-state index in [4.69, 9.17) is 22.1 Å². The molecule has 0 aliphatic heterocycles. The Morgan fingerprint density at radius 3 is 2.74 bits per heavy atom. The number of benzene rings is 1. The van der Waals surface area contributed by atoms with Crippen LogP contribution in [0, 0.1) is 0 Å². The molecule has 1 aromatic carbocycles. The second-order valence-electron chi connectivity index (χ2n) is 4.24. The maximum Gasteiger partial charge on any atom is 0.0593 e. The summed E-state index contributed by atoms with van der Waals surface area (Å²) in [4.78, 5) is 2.31. The predicted molar refractivity (Wildman–Crippen MR) is 84.7 cm³/mol. The van der Waals surface area contributed by atoms with Gasteiger partial charge in [-0.1, -0.05) is 34.5 Å². The van der Waals surface area contributed by atoms with Crippen LogP contribution in [-0.4, -0.2) is 37.7 Å². The first-order valence-electron chi connectivity index (χ1n) is 6.60. The molecule has 1 unspecified atom stereocenters. The van der Waals surface area contributed by atoms with Gasteiger partial charge in [0.2, 0.25) is 0 Å². The van der Waals surface area contributed by atoms with E-state index >= 15 is 0 Å². The number of ether oxygens (including phenoxy) is 1. The smallest absolute Gasteiger partial charge is 0.0593 e. The average molecular weight is 350 g/mol. The third-order valence-electron chi connectivity index (χ3n) is 3.11. The van der Waals surface area contributed by atoms with Gasteiger partial charge in [-0.3, -0.25) is 4.90 Å². The van der Waals surface area contributed by atoms with Gasteiger partial charge in [-0.25, -0.2) is 0 Å². The number of nitrogens with zero attached hydrogens (tertiary/aromatic N) is 1. The molecular formula is C14H22BrClN2O. The number of likely N-dealkylation sites (N-methyl/N-ethyl adjacent to an activating group) is 1. The summed E-state index contributed by atoms with van der Waals surface area (Å²) in [6.07, 6.45) is 0. The highest BCUT2D eigenvalue weighted by molar-refractivity contribution is 9.10. The van der Waals surface area contributed by atoms with E-state index < -0.39 is 0 Å². The summed E-state index contributed by atoms with van der Waals surface area (Å²) in [5.74, 6) is 0. The van der Waals surface area contributed by atoms with Crippen molar-refractivity contribution in [3.05, 3.63) is 33.3 Å². The topological polar surface area (TPSA) is 38.5 Å². The molecule has 108 valence electrons. The summed E-state index contributed by atoms with van der Waals surface area (Å²) in [6, 6.07) is 5.97.